The number of amides is 1. The highest BCUT2D eigenvalue weighted by atomic mass is 16.2. The lowest BCUT2D eigenvalue weighted by molar-refractivity contribution is -0.121. The van der Waals surface area contributed by atoms with E-state index in [9.17, 15) is 14.4 Å². The molecule has 1 aromatic heterocycles. The zero-order chi connectivity index (χ0) is 21.2. The number of hydrogen-bond acceptors (Lipinski definition) is 3. The number of nitrogens with zero attached hydrogens (tertiary/aromatic N) is 1. The summed E-state index contributed by atoms with van der Waals surface area (Å²) in [5, 5.41) is 3.41. The summed E-state index contributed by atoms with van der Waals surface area (Å²) in [4.78, 5) is 38.9. The predicted molar refractivity (Wildman–Crippen MR) is 115 cm³/mol. The van der Waals surface area contributed by atoms with Gasteiger partial charge in [0.2, 0.25) is 5.91 Å². The van der Waals surface area contributed by atoms with Crippen LogP contribution in [0.15, 0.2) is 58.1 Å². The fraction of sp³-hybridized carbons (Fsp3) is 0.348. The highest BCUT2D eigenvalue weighted by molar-refractivity contribution is 5.79. The largest absolute Gasteiger partial charge is 0.350 e. The maximum atomic E-state index is 12.4. The van der Waals surface area contributed by atoms with Crippen molar-refractivity contribution in [3.8, 4) is 0 Å². The Morgan fingerprint density at radius 3 is 2.38 bits per heavy atom. The van der Waals surface area contributed by atoms with E-state index in [-0.39, 0.29) is 30.3 Å². The van der Waals surface area contributed by atoms with Gasteiger partial charge in [-0.2, -0.15) is 0 Å². The Balaban J connectivity index is 1.68. The van der Waals surface area contributed by atoms with Crippen LogP contribution < -0.4 is 16.6 Å². The minimum absolute atomic E-state index is 0.0811. The van der Waals surface area contributed by atoms with E-state index >= 15 is 0 Å². The summed E-state index contributed by atoms with van der Waals surface area (Å²) in [6, 6.07) is 15.0. The Kier molecular flexibility index (Phi) is 5.73. The molecule has 1 amide bonds. The average Bonchev–Trinajstić information content (AvgIpc) is 2.67. The third kappa shape index (κ3) is 4.65. The molecule has 3 rings (SSSR count). The van der Waals surface area contributed by atoms with Gasteiger partial charge in [-0.3, -0.25) is 19.1 Å². The number of fused-ring (bicyclic) bond motifs is 1. The summed E-state index contributed by atoms with van der Waals surface area (Å²) in [5.74, 6) is -0.153. The molecule has 0 bridgehead atoms. The van der Waals surface area contributed by atoms with Gasteiger partial charge in [-0.15, -0.1) is 0 Å². The van der Waals surface area contributed by atoms with E-state index in [1.807, 2.05) is 19.1 Å². The molecule has 2 N–H and O–H groups in total. The summed E-state index contributed by atoms with van der Waals surface area (Å²) in [6.45, 7) is 8.62. The van der Waals surface area contributed by atoms with Gasteiger partial charge in [0, 0.05) is 13.0 Å². The molecule has 152 valence electrons. The molecule has 0 fully saturated rings. The van der Waals surface area contributed by atoms with Gasteiger partial charge in [0.1, 0.15) is 0 Å². The summed E-state index contributed by atoms with van der Waals surface area (Å²) in [6.07, 6.45) is 0.139. The quantitative estimate of drug-likeness (QED) is 0.698. The normalized spacial score (nSPS) is 12.7. The lowest BCUT2D eigenvalue weighted by Gasteiger charge is -2.21. The monoisotopic (exact) mass is 393 g/mol. The van der Waals surface area contributed by atoms with Crippen molar-refractivity contribution in [1.29, 1.82) is 0 Å². The second kappa shape index (κ2) is 8.07. The van der Waals surface area contributed by atoms with Crippen LogP contribution in [0.2, 0.25) is 0 Å². The molecule has 0 radical (unpaired) electrons. The maximum Gasteiger partial charge on any atom is 0.328 e. The molecule has 0 aliphatic carbocycles. The molecule has 1 heterocycles. The Bertz CT molecular complexity index is 1130. The van der Waals surface area contributed by atoms with Crippen molar-refractivity contribution in [2.75, 3.05) is 0 Å². The van der Waals surface area contributed by atoms with E-state index in [4.69, 9.17) is 0 Å². The van der Waals surface area contributed by atoms with Crippen LogP contribution in [0.25, 0.3) is 10.9 Å². The van der Waals surface area contributed by atoms with Crippen LogP contribution in [0.3, 0.4) is 0 Å². The lowest BCUT2D eigenvalue weighted by Crippen LogP contribution is -2.33. The molecular weight excluding hydrogens is 366 g/mol. The van der Waals surface area contributed by atoms with Crippen LogP contribution >= 0.6 is 0 Å². The molecular formula is C23H27N3O3. The predicted octanol–water partition coefficient (Wildman–Crippen LogP) is 3.25. The van der Waals surface area contributed by atoms with E-state index in [0.29, 0.717) is 10.9 Å². The van der Waals surface area contributed by atoms with Crippen LogP contribution in [0.1, 0.15) is 51.3 Å². The number of para-hydroxylation sites is 1. The first-order chi connectivity index (χ1) is 13.7. The van der Waals surface area contributed by atoms with Crippen molar-refractivity contribution in [2.24, 2.45) is 0 Å². The number of nitrogens with one attached hydrogen (secondary N) is 2. The van der Waals surface area contributed by atoms with Crippen molar-refractivity contribution in [2.45, 2.75) is 52.1 Å². The number of aryl methyl sites for hydroxylation is 1. The fourth-order valence-corrected chi connectivity index (χ4v) is 3.35. The molecule has 0 aliphatic heterocycles. The SMILES string of the molecule is CC(NC(=O)CCn1c(=O)[nH]c(=O)c2ccccc21)c1ccc(C(C)(C)C)cc1. The number of aromatic nitrogens is 2. The van der Waals surface area contributed by atoms with Gasteiger partial charge in [0.15, 0.2) is 0 Å². The summed E-state index contributed by atoms with van der Waals surface area (Å²) < 4.78 is 1.43. The Hall–Kier alpha value is -3.15. The van der Waals surface area contributed by atoms with Crippen LogP contribution in [-0.4, -0.2) is 15.5 Å². The van der Waals surface area contributed by atoms with Gasteiger partial charge < -0.3 is 5.32 Å². The minimum atomic E-state index is -0.507. The lowest BCUT2D eigenvalue weighted by atomic mass is 9.86. The number of aromatic amines is 1. The molecule has 6 heteroatoms. The van der Waals surface area contributed by atoms with Crippen molar-refractivity contribution >= 4 is 16.8 Å². The minimum Gasteiger partial charge on any atom is -0.350 e. The molecule has 0 saturated heterocycles. The molecule has 29 heavy (non-hydrogen) atoms. The molecule has 3 aromatic rings. The smallest absolute Gasteiger partial charge is 0.328 e. The Morgan fingerprint density at radius 2 is 1.72 bits per heavy atom. The topological polar surface area (TPSA) is 84.0 Å². The highest BCUT2D eigenvalue weighted by Crippen LogP contribution is 2.23. The molecule has 2 aromatic carbocycles. The number of rotatable bonds is 5. The third-order valence-corrected chi connectivity index (χ3v) is 5.12. The Labute approximate surface area is 169 Å². The zero-order valence-corrected chi connectivity index (χ0v) is 17.3. The van der Waals surface area contributed by atoms with Crippen molar-refractivity contribution in [3.05, 3.63) is 80.5 Å². The van der Waals surface area contributed by atoms with Gasteiger partial charge >= 0.3 is 5.69 Å². The Morgan fingerprint density at radius 1 is 1.07 bits per heavy atom. The summed E-state index contributed by atoms with van der Waals surface area (Å²) >= 11 is 0. The van der Waals surface area contributed by atoms with Crippen LogP contribution in [0.4, 0.5) is 0 Å². The number of H-pyrrole nitrogens is 1. The summed E-state index contributed by atoms with van der Waals surface area (Å²) in [7, 11) is 0. The number of carbonyl (C=O) groups is 1. The fourth-order valence-electron chi connectivity index (χ4n) is 3.35. The van der Waals surface area contributed by atoms with Gasteiger partial charge in [-0.05, 0) is 35.6 Å². The average molecular weight is 393 g/mol. The van der Waals surface area contributed by atoms with E-state index in [1.54, 1.807) is 24.3 Å². The molecule has 1 unspecified atom stereocenters. The van der Waals surface area contributed by atoms with E-state index in [2.05, 4.69) is 43.2 Å². The highest BCUT2D eigenvalue weighted by Gasteiger charge is 2.15. The number of carbonyl (C=O) groups excluding carboxylic acids is 1. The van der Waals surface area contributed by atoms with Gasteiger partial charge in [0.05, 0.1) is 16.9 Å². The van der Waals surface area contributed by atoms with Gasteiger partial charge in [0.25, 0.3) is 5.56 Å². The second-order valence-electron chi connectivity index (χ2n) is 8.34. The molecule has 1 atom stereocenters. The van der Waals surface area contributed by atoms with Crippen molar-refractivity contribution < 1.29 is 4.79 Å². The number of benzene rings is 2. The van der Waals surface area contributed by atoms with Gasteiger partial charge in [-0.25, -0.2) is 4.79 Å². The maximum absolute atomic E-state index is 12.4. The van der Waals surface area contributed by atoms with Crippen LogP contribution in [0, 0.1) is 0 Å². The van der Waals surface area contributed by atoms with Crippen molar-refractivity contribution in [1.82, 2.24) is 14.9 Å². The van der Waals surface area contributed by atoms with E-state index in [0.717, 1.165) is 5.56 Å². The summed E-state index contributed by atoms with van der Waals surface area (Å²) in [5.41, 5.74) is 1.95. The first-order valence-electron chi connectivity index (χ1n) is 9.78. The van der Waals surface area contributed by atoms with Crippen molar-refractivity contribution in [3.63, 3.8) is 0 Å². The molecule has 0 saturated carbocycles. The van der Waals surface area contributed by atoms with E-state index in [1.165, 1.54) is 10.1 Å². The van der Waals surface area contributed by atoms with Crippen LogP contribution in [0.5, 0.6) is 0 Å². The second-order valence-corrected chi connectivity index (χ2v) is 8.34. The van der Waals surface area contributed by atoms with Crippen LogP contribution in [-0.2, 0) is 16.8 Å². The number of hydrogen-bond donors (Lipinski definition) is 2. The first-order valence-corrected chi connectivity index (χ1v) is 9.78. The standard InChI is InChI=1S/C23H27N3O3/c1-15(16-9-11-17(12-10-16)23(2,3)4)24-20(27)13-14-26-19-8-6-5-7-18(19)21(28)25-22(26)29/h5-12,15H,13-14H2,1-4H3,(H,24,27)(H,25,28,29). The van der Waals surface area contributed by atoms with Gasteiger partial charge in [-0.1, -0.05) is 57.2 Å². The zero-order valence-electron chi connectivity index (χ0n) is 17.3. The molecule has 0 aliphatic rings. The molecule has 0 spiro atoms. The molecule has 6 nitrogen and oxygen atoms in total. The van der Waals surface area contributed by atoms with E-state index < -0.39 is 11.2 Å². The third-order valence-electron chi connectivity index (χ3n) is 5.12. The first kappa shape index (κ1) is 20.6.